The third kappa shape index (κ3) is 5.84. The Morgan fingerprint density at radius 1 is 1.12 bits per heavy atom. The van der Waals surface area contributed by atoms with Crippen LogP contribution in [0.3, 0.4) is 0 Å². The van der Waals surface area contributed by atoms with Crippen molar-refractivity contribution >= 4 is 23.4 Å². The van der Waals surface area contributed by atoms with Gasteiger partial charge in [0.1, 0.15) is 0 Å². The van der Waals surface area contributed by atoms with Crippen molar-refractivity contribution in [3.8, 4) is 0 Å². The summed E-state index contributed by atoms with van der Waals surface area (Å²) in [5.41, 5.74) is 1.48. The van der Waals surface area contributed by atoms with Gasteiger partial charge in [-0.15, -0.1) is 0 Å². The third-order valence-electron chi connectivity index (χ3n) is 5.13. The van der Waals surface area contributed by atoms with Gasteiger partial charge in [0.2, 0.25) is 0 Å². The molecule has 0 spiro atoms. The molecule has 0 aliphatic carbocycles. The number of alkyl halides is 3. The van der Waals surface area contributed by atoms with Crippen LogP contribution < -0.4 is 10.2 Å². The fourth-order valence-electron chi connectivity index (χ4n) is 3.41. The zero-order valence-corrected chi connectivity index (χ0v) is 18.3. The summed E-state index contributed by atoms with van der Waals surface area (Å²) in [6, 6.07) is 6.71. The summed E-state index contributed by atoms with van der Waals surface area (Å²) in [6.45, 7) is 4.10. The highest BCUT2D eigenvalue weighted by atomic mass is 19.4. The first-order valence-electron chi connectivity index (χ1n) is 10.5. The molecule has 0 amide bonds. The summed E-state index contributed by atoms with van der Waals surface area (Å²) in [5.74, 6) is 0.124. The number of aryl methyl sites for hydroxylation is 1. The van der Waals surface area contributed by atoms with Crippen LogP contribution in [0.1, 0.15) is 22.6 Å². The van der Waals surface area contributed by atoms with Crippen molar-refractivity contribution in [2.45, 2.75) is 19.6 Å². The topological polar surface area (TPSA) is 75.5 Å². The van der Waals surface area contributed by atoms with Crippen LogP contribution in [0.2, 0.25) is 0 Å². The average Bonchev–Trinajstić information content (AvgIpc) is 2.82. The van der Waals surface area contributed by atoms with Crippen LogP contribution in [-0.4, -0.2) is 47.5 Å². The van der Waals surface area contributed by atoms with Crippen LogP contribution >= 0.6 is 0 Å². The van der Waals surface area contributed by atoms with Crippen LogP contribution in [0.25, 0.3) is 0 Å². The van der Waals surface area contributed by atoms with E-state index in [9.17, 15) is 17.6 Å². The number of hydrogen-bond donors (Lipinski definition) is 1. The van der Waals surface area contributed by atoms with Gasteiger partial charge in [-0.1, -0.05) is 6.07 Å². The highest BCUT2D eigenvalue weighted by molar-refractivity contribution is 5.80. The van der Waals surface area contributed by atoms with Crippen molar-refractivity contribution in [2.75, 3.05) is 36.5 Å². The molecule has 11 heteroatoms. The molecular formula is C23H22F4N6O. The van der Waals surface area contributed by atoms with Gasteiger partial charge in [-0.25, -0.2) is 14.4 Å². The third-order valence-corrected chi connectivity index (χ3v) is 5.13. The first-order valence-corrected chi connectivity index (χ1v) is 10.5. The minimum Gasteiger partial charge on any atom is -0.378 e. The number of pyridine rings is 1. The second-order valence-corrected chi connectivity index (χ2v) is 7.66. The summed E-state index contributed by atoms with van der Waals surface area (Å²) >= 11 is 0. The molecule has 1 aliphatic heterocycles. The first kappa shape index (κ1) is 23.6. The number of aromatic nitrogens is 3. The van der Waals surface area contributed by atoms with E-state index < -0.39 is 17.6 Å². The molecule has 1 saturated heterocycles. The molecule has 1 fully saturated rings. The summed E-state index contributed by atoms with van der Waals surface area (Å²) < 4.78 is 58.2. The van der Waals surface area contributed by atoms with Gasteiger partial charge in [0.15, 0.2) is 17.5 Å². The fraction of sp³-hybridized carbons (Fsp3) is 0.304. The van der Waals surface area contributed by atoms with Gasteiger partial charge in [-0.2, -0.15) is 13.2 Å². The number of nitrogens with one attached hydrogen (secondary N) is 1. The molecule has 2 aromatic heterocycles. The van der Waals surface area contributed by atoms with Crippen LogP contribution in [0.5, 0.6) is 0 Å². The van der Waals surface area contributed by atoms with E-state index in [1.807, 2.05) is 11.8 Å². The molecule has 0 bridgehead atoms. The number of halogens is 4. The fourth-order valence-corrected chi connectivity index (χ4v) is 3.41. The Morgan fingerprint density at radius 3 is 2.65 bits per heavy atom. The Bertz CT molecular complexity index is 1180. The number of hydrogen-bond acceptors (Lipinski definition) is 7. The molecule has 0 saturated carbocycles. The number of anilines is 3. The predicted octanol–water partition coefficient (Wildman–Crippen LogP) is 4.54. The number of ether oxygens (including phenoxy) is 1. The maximum absolute atomic E-state index is 14.2. The largest absolute Gasteiger partial charge is 0.416 e. The Balaban J connectivity index is 1.42. The van der Waals surface area contributed by atoms with Crippen LogP contribution in [0.15, 0.2) is 47.7 Å². The molecule has 4 rings (SSSR count). The molecule has 1 aromatic carbocycles. The van der Waals surface area contributed by atoms with Gasteiger partial charge >= 0.3 is 6.18 Å². The zero-order chi connectivity index (χ0) is 24.1. The molecule has 7 nitrogen and oxygen atoms in total. The van der Waals surface area contributed by atoms with Crippen molar-refractivity contribution in [3.05, 3.63) is 71.2 Å². The Kier molecular flexibility index (Phi) is 7.01. The highest BCUT2D eigenvalue weighted by Crippen LogP contribution is 2.31. The number of aliphatic imine (C=N–C) groups is 1. The number of nitrogens with zero attached hydrogens (tertiary/aromatic N) is 5. The van der Waals surface area contributed by atoms with E-state index in [1.165, 1.54) is 12.3 Å². The number of rotatable bonds is 6. The lowest BCUT2D eigenvalue weighted by atomic mass is 10.1. The Morgan fingerprint density at radius 2 is 1.91 bits per heavy atom. The molecule has 34 heavy (non-hydrogen) atoms. The lowest BCUT2D eigenvalue weighted by Crippen LogP contribution is -2.37. The standard InChI is InChI=1S/C23H22F4N6O/c1-15-9-18(31-17-4-2-3-16(10-17)23(25,26)27)11-29-20(15)13-28-14-21-30-12-19(24)22(32-21)33-5-7-34-8-6-33/h2-4,9-13,31H,5-8,14H2,1H3. The minimum atomic E-state index is -4.41. The molecule has 0 unspecified atom stereocenters. The van der Waals surface area contributed by atoms with E-state index in [0.29, 0.717) is 49.2 Å². The summed E-state index contributed by atoms with van der Waals surface area (Å²) in [4.78, 5) is 18.8. The van der Waals surface area contributed by atoms with Crippen molar-refractivity contribution in [1.82, 2.24) is 15.0 Å². The second-order valence-electron chi connectivity index (χ2n) is 7.66. The molecule has 1 aliphatic rings. The molecule has 1 N–H and O–H groups in total. The van der Waals surface area contributed by atoms with Gasteiger partial charge in [0.05, 0.1) is 49.1 Å². The zero-order valence-electron chi connectivity index (χ0n) is 18.3. The summed E-state index contributed by atoms with van der Waals surface area (Å²) in [5, 5.41) is 2.93. The quantitative estimate of drug-likeness (QED) is 0.418. The maximum Gasteiger partial charge on any atom is 0.416 e. The van der Waals surface area contributed by atoms with Crippen molar-refractivity contribution in [1.29, 1.82) is 0 Å². The molecule has 0 radical (unpaired) electrons. The number of benzene rings is 1. The summed E-state index contributed by atoms with van der Waals surface area (Å²) in [6.07, 6.45) is -0.201. The Hall–Kier alpha value is -3.60. The van der Waals surface area contributed by atoms with Crippen molar-refractivity contribution < 1.29 is 22.3 Å². The van der Waals surface area contributed by atoms with E-state index >= 15 is 0 Å². The molecular weight excluding hydrogens is 452 g/mol. The molecule has 0 atom stereocenters. The molecule has 3 aromatic rings. The van der Waals surface area contributed by atoms with Gasteiger partial charge in [-0.05, 0) is 36.8 Å². The normalized spacial score (nSPS) is 14.6. The van der Waals surface area contributed by atoms with E-state index in [1.54, 1.807) is 18.3 Å². The SMILES string of the molecule is Cc1cc(Nc2cccc(C(F)(F)F)c2)cnc1C=NCc1ncc(F)c(N2CCOCC2)n1. The number of morpholine rings is 1. The smallest absolute Gasteiger partial charge is 0.378 e. The van der Waals surface area contributed by atoms with Crippen LogP contribution in [-0.2, 0) is 17.5 Å². The van der Waals surface area contributed by atoms with Crippen molar-refractivity contribution in [2.24, 2.45) is 4.99 Å². The van der Waals surface area contributed by atoms with Crippen molar-refractivity contribution in [3.63, 3.8) is 0 Å². The summed E-state index contributed by atoms with van der Waals surface area (Å²) in [7, 11) is 0. The predicted molar refractivity (Wildman–Crippen MR) is 120 cm³/mol. The van der Waals surface area contributed by atoms with E-state index in [2.05, 4.69) is 25.3 Å². The van der Waals surface area contributed by atoms with Gasteiger partial charge in [0, 0.05) is 25.0 Å². The highest BCUT2D eigenvalue weighted by Gasteiger charge is 2.30. The van der Waals surface area contributed by atoms with Gasteiger partial charge in [-0.3, -0.25) is 9.98 Å². The first-order chi connectivity index (χ1) is 16.3. The average molecular weight is 474 g/mol. The monoisotopic (exact) mass is 474 g/mol. The Labute approximate surface area is 193 Å². The van der Waals surface area contributed by atoms with Crippen LogP contribution in [0.4, 0.5) is 34.8 Å². The lowest BCUT2D eigenvalue weighted by Gasteiger charge is -2.28. The minimum absolute atomic E-state index is 0.142. The van der Waals surface area contributed by atoms with Gasteiger partial charge < -0.3 is 15.0 Å². The van der Waals surface area contributed by atoms with Crippen LogP contribution in [0, 0.1) is 12.7 Å². The molecule has 178 valence electrons. The van der Waals surface area contributed by atoms with Gasteiger partial charge in [0.25, 0.3) is 0 Å². The maximum atomic E-state index is 14.2. The van der Waals surface area contributed by atoms with E-state index in [0.717, 1.165) is 23.9 Å². The lowest BCUT2D eigenvalue weighted by molar-refractivity contribution is -0.137. The van der Waals surface area contributed by atoms with E-state index in [-0.39, 0.29) is 12.4 Å². The second kappa shape index (κ2) is 10.1. The van der Waals surface area contributed by atoms with E-state index in [4.69, 9.17) is 4.74 Å². The molecule has 3 heterocycles.